The molecule has 58 valence electrons. The van der Waals surface area contributed by atoms with Crippen LogP contribution >= 0.6 is 0 Å². The fraction of sp³-hybridized carbons (Fsp3) is 1.00. The first kappa shape index (κ1) is 6.54. The molecule has 0 aliphatic carbocycles. The molecule has 10 heavy (non-hydrogen) atoms. The normalized spacial score (nSPS) is 53.4. The van der Waals surface area contributed by atoms with E-state index in [1.165, 1.54) is 0 Å². The van der Waals surface area contributed by atoms with E-state index in [4.69, 9.17) is 14.6 Å². The Labute approximate surface area is 58.4 Å². The molecule has 0 aromatic carbocycles. The van der Waals surface area contributed by atoms with Crippen LogP contribution in [0.4, 0.5) is 0 Å². The Morgan fingerprint density at radius 1 is 1.10 bits per heavy atom. The van der Waals surface area contributed by atoms with Crippen LogP contribution in [-0.4, -0.2) is 47.8 Å². The maximum atomic E-state index is 9.21. The lowest BCUT2D eigenvalue weighted by molar-refractivity contribution is 0.00960. The zero-order chi connectivity index (χ0) is 7.14. The molecule has 2 rings (SSSR count). The van der Waals surface area contributed by atoms with E-state index in [9.17, 15) is 5.11 Å². The second kappa shape index (κ2) is 2.17. The molecule has 4 heteroatoms. The van der Waals surface area contributed by atoms with Crippen LogP contribution in [-0.2, 0) is 9.47 Å². The molecule has 4 nitrogen and oxygen atoms in total. The minimum atomic E-state index is -0.757. The monoisotopic (exact) mass is 146 g/mol. The molecular formula is C6H10O4. The summed E-state index contributed by atoms with van der Waals surface area (Å²) in [6, 6.07) is 0. The molecule has 0 amide bonds. The van der Waals surface area contributed by atoms with Gasteiger partial charge in [0.25, 0.3) is 0 Å². The standard InChI is InChI=1S/C6H10O4/c7-3-1-10-6(5(3)8)4-2-9-4/h3-8H,1-2H2/t3-,4+,5-,6+/m1/s1. The van der Waals surface area contributed by atoms with Gasteiger partial charge in [-0.1, -0.05) is 0 Å². The zero-order valence-corrected chi connectivity index (χ0v) is 5.43. The van der Waals surface area contributed by atoms with Gasteiger partial charge in [-0.2, -0.15) is 0 Å². The highest BCUT2D eigenvalue weighted by Crippen LogP contribution is 2.25. The van der Waals surface area contributed by atoms with Crippen LogP contribution in [0, 0.1) is 0 Å². The summed E-state index contributed by atoms with van der Waals surface area (Å²) in [6.45, 7) is 0.875. The second-order valence-corrected chi connectivity index (χ2v) is 2.73. The summed E-state index contributed by atoms with van der Waals surface area (Å²) in [5, 5.41) is 18.2. The van der Waals surface area contributed by atoms with Gasteiger partial charge < -0.3 is 19.7 Å². The number of rotatable bonds is 1. The van der Waals surface area contributed by atoms with Crippen molar-refractivity contribution in [3.63, 3.8) is 0 Å². The van der Waals surface area contributed by atoms with Gasteiger partial charge in [0, 0.05) is 0 Å². The molecule has 2 aliphatic heterocycles. The molecule has 0 unspecified atom stereocenters. The highest BCUT2D eigenvalue weighted by atomic mass is 16.6. The van der Waals surface area contributed by atoms with Crippen LogP contribution < -0.4 is 0 Å². The van der Waals surface area contributed by atoms with Crippen LogP contribution in [0.2, 0.25) is 0 Å². The topological polar surface area (TPSA) is 62.2 Å². The van der Waals surface area contributed by atoms with Crippen molar-refractivity contribution < 1.29 is 19.7 Å². The maximum Gasteiger partial charge on any atom is 0.114 e. The fourth-order valence-corrected chi connectivity index (χ4v) is 1.20. The predicted octanol–water partition coefficient (Wildman–Crippen LogP) is -1.49. The Morgan fingerprint density at radius 3 is 2.20 bits per heavy atom. The van der Waals surface area contributed by atoms with Crippen LogP contribution in [0.1, 0.15) is 0 Å². The van der Waals surface area contributed by atoms with Gasteiger partial charge in [-0.05, 0) is 0 Å². The van der Waals surface area contributed by atoms with Crippen molar-refractivity contribution in [2.45, 2.75) is 24.4 Å². The summed E-state index contributed by atoms with van der Waals surface area (Å²) in [5.74, 6) is 0. The lowest BCUT2D eigenvalue weighted by atomic mass is 10.1. The minimum absolute atomic E-state index is 0.0205. The van der Waals surface area contributed by atoms with Gasteiger partial charge >= 0.3 is 0 Å². The molecule has 0 radical (unpaired) electrons. The number of epoxide rings is 1. The van der Waals surface area contributed by atoms with Crippen LogP contribution in [0.5, 0.6) is 0 Å². The first-order valence-electron chi connectivity index (χ1n) is 3.38. The van der Waals surface area contributed by atoms with Gasteiger partial charge in [0.2, 0.25) is 0 Å². The Hall–Kier alpha value is -0.160. The highest BCUT2D eigenvalue weighted by molar-refractivity contribution is 4.93. The summed E-state index contributed by atoms with van der Waals surface area (Å²) >= 11 is 0. The van der Waals surface area contributed by atoms with Crippen LogP contribution in [0.15, 0.2) is 0 Å². The van der Waals surface area contributed by atoms with Crippen LogP contribution in [0.3, 0.4) is 0 Å². The first-order chi connectivity index (χ1) is 4.79. The number of hydrogen-bond donors (Lipinski definition) is 2. The Morgan fingerprint density at radius 2 is 1.80 bits per heavy atom. The number of aliphatic hydroxyl groups excluding tert-OH is 2. The quantitative estimate of drug-likeness (QED) is 0.442. The molecule has 2 heterocycles. The van der Waals surface area contributed by atoms with E-state index in [0.29, 0.717) is 6.61 Å². The molecule has 4 atom stereocenters. The Kier molecular flexibility index (Phi) is 1.42. The van der Waals surface area contributed by atoms with E-state index in [1.54, 1.807) is 0 Å². The molecule has 2 saturated heterocycles. The summed E-state index contributed by atoms with van der Waals surface area (Å²) in [6.07, 6.45) is -1.76. The Bertz CT molecular complexity index is 134. The van der Waals surface area contributed by atoms with Gasteiger partial charge in [0.1, 0.15) is 24.4 Å². The van der Waals surface area contributed by atoms with Crippen molar-refractivity contribution in [3.05, 3.63) is 0 Å². The van der Waals surface area contributed by atoms with E-state index < -0.39 is 12.2 Å². The first-order valence-corrected chi connectivity index (χ1v) is 3.38. The average molecular weight is 146 g/mol. The summed E-state index contributed by atoms with van der Waals surface area (Å²) in [7, 11) is 0. The van der Waals surface area contributed by atoms with Crippen molar-refractivity contribution in [2.24, 2.45) is 0 Å². The molecule has 0 aromatic rings. The van der Waals surface area contributed by atoms with Gasteiger partial charge in [-0.15, -0.1) is 0 Å². The average Bonchev–Trinajstić information content (AvgIpc) is 2.67. The predicted molar refractivity (Wildman–Crippen MR) is 31.5 cm³/mol. The molecule has 2 fully saturated rings. The molecular weight excluding hydrogens is 136 g/mol. The van der Waals surface area contributed by atoms with Crippen molar-refractivity contribution in [1.82, 2.24) is 0 Å². The van der Waals surface area contributed by atoms with Crippen molar-refractivity contribution in [2.75, 3.05) is 13.2 Å². The Balaban J connectivity index is 1.96. The third-order valence-electron chi connectivity index (χ3n) is 1.92. The molecule has 2 aliphatic rings. The van der Waals surface area contributed by atoms with Gasteiger partial charge in [0.15, 0.2) is 0 Å². The third kappa shape index (κ3) is 0.932. The molecule has 0 spiro atoms. The summed E-state index contributed by atoms with van der Waals surface area (Å²) < 4.78 is 9.99. The molecule has 0 bridgehead atoms. The van der Waals surface area contributed by atoms with E-state index in [2.05, 4.69) is 0 Å². The maximum absolute atomic E-state index is 9.21. The summed E-state index contributed by atoms with van der Waals surface area (Å²) in [4.78, 5) is 0. The molecule has 0 aromatic heterocycles. The van der Waals surface area contributed by atoms with Gasteiger partial charge in [-0.25, -0.2) is 0 Å². The zero-order valence-electron chi connectivity index (χ0n) is 5.43. The number of hydrogen-bond acceptors (Lipinski definition) is 4. The highest BCUT2D eigenvalue weighted by Gasteiger charge is 2.45. The minimum Gasteiger partial charge on any atom is -0.388 e. The van der Waals surface area contributed by atoms with E-state index >= 15 is 0 Å². The lowest BCUT2D eigenvalue weighted by Gasteiger charge is -2.10. The van der Waals surface area contributed by atoms with Crippen molar-refractivity contribution in [3.8, 4) is 0 Å². The summed E-state index contributed by atoms with van der Waals surface area (Å²) in [5.41, 5.74) is 0. The molecule has 0 saturated carbocycles. The largest absolute Gasteiger partial charge is 0.388 e. The second-order valence-electron chi connectivity index (χ2n) is 2.73. The van der Waals surface area contributed by atoms with Gasteiger partial charge in [-0.3, -0.25) is 0 Å². The third-order valence-corrected chi connectivity index (χ3v) is 1.92. The molecule has 2 N–H and O–H groups in total. The fourth-order valence-electron chi connectivity index (χ4n) is 1.20. The lowest BCUT2D eigenvalue weighted by Crippen LogP contribution is -2.33. The van der Waals surface area contributed by atoms with E-state index in [0.717, 1.165) is 0 Å². The van der Waals surface area contributed by atoms with Crippen LogP contribution in [0.25, 0.3) is 0 Å². The smallest absolute Gasteiger partial charge is 0.114 e. The number of aliphatic hydroxyl groups is 2. The van der Waals surface area contributed by atoms with Crippen molar-refractivity contribution >= 4 is 0 Å². The van der Waals surface area contributed by atoms with Crippen molar-refractivity contribution in [1.29, 1.82) is 0 Å². The van der Waals surface area contributed by atoms with Gasteiger partial charge in [0.05, 0.1) is 13.2 Å². The SMILES string of the molecule is O[C@H]1[C@H]([C@@H]2CO2)OC[C@H]1O. The number of ether oxygens (including phenoxy) is 2. The van der Waals surface area contributed by atoms with E-state index in [1.807, 2.05) is 0 Å². The van der Waals surface area contributed by atoms with E-state index in [-0.39, 0.29) is 18.8 Å².